The average molecular weight is 225 g/mol. The van der Waals surface area contributed by atoms with E-state index >= 15 is 0 Å². The minimum absolute atomic E-state index is 0.0635. The normalized spacial score (nSPS) is 28.6. The van der Waals surface area contributed by atoms with Crippen LogP contribution in [0.5, 0.6) is 0 Å². The van der Waals surface area contributed by atoms with Gasteiger partial charge in [0.2, 0.25) is 5.91 Å². The number of piperazine rings is 1. The average Bonchev–Trinajstić information content (AvgIpc) is 2.17. The Kier molecular flexibility index (Phi) is 2.75. The predicted molar refractivity (Wildman–Crippen MR) is 64.1 cm³/mol. The van der Waals surface area contributed by atoms with Crippen LogP contribution in [0, 0.1) is 0 Å². The second-order valence-corrected chi connectivity index (χ2v) is 5.97. The third-order valence-corrected chi connectivity index (χ3v) is 4.28. The molecule has 2 N–H and O–H groups in total. The molecular weight excluding hydrogens is 202 g/mol. The second-order valence-electron chi connectivity index (χ2n) is 5.97. The number of carbonyl (C=O) groups is 1. The molecule has 1 aliphatic carbocycles. The topological polar surface area (TPSA) is 49.6 Å². The molecule has 2 fully saturated rings. The Balaban J connectivity index is 2.03. The van der Waals surface area contributed by atoms with E-state index in [1.807, 2.05) is 4.90 Å². The maximum absolute atomic E-state index is 12.3. The highest BCUT2D eigenvalue weighted by Gasteiger charge is 2.45. The summed E-state index contributed by atoms with van der Waals surface area (Å²) < 4.78 is 0. The Bertz CT molecular complexity index is 297. The lowest BCUT2D eigenvalue weighted by atomic mass is 9.76. The van der Waals surface area contributed by atoms with Crippen LogP contribution < -0.4 is 5.73 Å². The number of likely N-dealkylation sites (N-methyl/N-ethyl adjacent to an activating group) is 1. The summed E-state index contributed by atoms with van der Waals surface area (Å²) in [4.78, 5) is 16.5. The molecule has 16 heavy (non-hydrogen) atoms. The van der Waals surface area contributed by atoms with Gasteiger partial charge in [-0.3, -0.25) is 9.69 Å². The molecule has 4 nitrogen and oxygen atoms in total. The van der Waals surface area contributed by atoms with Crippen molar-refractivity contribution in [2.24, 2.45) is 5.73 Å². The predicted octanol–water partition coefficient (Wildman–Crippen LogP) is 0.420. The Hall–Kier alpha value is -0.610. The molecule has 0 spiro atoms. The molecule has 1 heterocycles. The highest BCUT2D eigenvalue weighted by Crippen LogP contribution is 2.32. The number of rotatable bonds is 1. The monoisotopic (exact) mass is 225 g/mol. The van der Waals surface area contributed by atoms with Gasteiger partial charge in [0, 0.05) is 25.2 Å². The molecule has 0 aromatic heterocycles. The fourth-order valence-corrected chi connectivity index (χ4v) is 2.50. The summed E-state index contributed by atoms with van der Waals surface area (Å²) in [6, 6.07) is 0. The van der Waals surface area contributed by atoms with Crippen LogP contribution in [0.15, 0.2) is 0 Å². The summed E-state index contributed by atoms with van der Waals surface area (Å²) in [6.45, 7) is 6.90. The minimum Gasteiger partial charge on any atom is -0.338 e. The molecule has 92 valence electrons. The molecule has 1 saturated carbocycles. The molecule has 4 heteroatoms. The first-order valence-corrected chi connectivity index (χ1v) is 6.15. The quantitative estimate of drug-likeness (QED) is 0.703. The summed E-state index contributed by atoms with van der Waals surface area (Å²) in [7, 11) is 2.11. The molecule has 0 radical (unpaired) electrons. The van der Waals surface area contributed by atoms with Crippen molar-refractivity contribution in [3.05, 3.63) is 0 Å². The third kappa shape index (κ3) is 1.84. The van der Waals surface area contributed by atoms with Crippen LogP contribution >= 0.6 is 0 Å². The molecule has 1 saturated heterocycles. The number of nitrogens with zero attached hydrogens (tertiary/aromatic N) is 2. The highest BCUT2D eigenvalue weighted by atomic mass is 16.2. The largest absolute Gasteiger partial charge is 0.338 e. The molecule has 0 atom stereocenters. The Morgan fingerprint density at radius 2 is 1.88 bits per heavy atom. The maximum Gasteiger partial charge on any atom is 0.242 e. The van der Waals surface area contributed by atoms with Crippen molar-refractivity contribution in [1.82, 2.24) is 9.80 Å². The number of hydrogen-bond donors (Lipinski definition) is 1. The fourth-order valence-electron chi connectivity index (χ4n) is 2.50. The SMILES string of the molecule is CN1CCN(C(=O)C2(N)CCC2)CC1(C)C. The van der Waals surface area contributed by atoms with Crippen molar-refractivity contribution < 1.29 is 4.79 Å². The fraction of sp³-hybridized carbons (Fsp3) is 0.917. The standard InChI is InChI=1S/C12H23N3O/c1-11(2)9-15(8-7-14(11)3)10(16)12(13)5-4-6-12/h4-9,13H2,1-3H3. The summed E-state index contributed by atoms with van der Waals surface area (Å²) in [5, 5.41) is 0. The van der Waals surface area contributed by atoms with Crippen LogP contribution in [-0.4, -0.2) is 53.5 Å². The van der Waals surface area contributed by atoms with Crippen LogP contribution in [0.1, 0.15) is 33.1 Å². The van der Waals surface area contributed by atoms with Crippen molar-refractivity contribution in [2.75, 3.05) is 26.7 Å². The van der Waals surface area contributed by atoms with E-state index in [-0.39, 0.29) is 11.4 Å². The van der Waals surface area contributed by atoms with Gasteiger partial charge in [-0.1, -0.05) is 0 Å². The lowest BCUT2D eigenvalue weighted by Gasteiger charge is -2.49. The Morgan fingerprint density at radius 3 is 2.31 bits per heavy atom. The first-order chi connectivity index (χ1) is 7.35. The van der Waals surface area contributed by atoms with Gasteiger partial charge in [0.1, 0.15) is 0 Å². The van der Waals surface area contributed by atoms with Gasteiger partial charge in [0.25, 0.3) is 0 Å². The Labute approximate surface area is 97.8 Å². The zero-order valence-corrected chi connectivity index (χ0v) is 10.6. The van der Waals surface area contributed by atoms with E-state index in [4.69, 9.17) is 5.73 Å². The van der Waals surface area contributed by atoms with Crippen molar-refractivity contribution in [2.45, 2.75) is 44.2 Å². The van der Waals surface area contributed by atoms with E-state index in [0.717, 1.165) is 38.9 Å². The highest BCUT2D eigenvalue weighted by molar-refractivity contribution is 5.87. The van der Waals surface area contributed by atoms with Gasteiger partial charge in [0.05, 0.1) is 5.54 Å². The summed E-state index contributed by atoms with van der Waals surface area (Å²) >= 11 is 0. The van der Waals surface area contributed by atoms with E-state index < -0.39 is 5.54 Å². The summed E-state index contributed by atoms with van der Waals surface area (Å²) in [5.74, 6) is 0.167. The van der Waals surface area contributed by atoms with Crippen LogP contribution in [0.4, 0.5) is 0 Å². The molecule has 2 rings (SSSR count). The van der Waals surface area contributed by atoms with Gasteiger partial charge in [-0.15, -0.1) is 0 Å². The second kappa shape index (κ2) is 3.70. The van der Waals surface area contributed by atoms with E-state index in [1.165, 1.54) is 0 Å². The number of nitrogens with two attached hydrogens (primary N) is 1. The zero-order chi connectivity index (χ0) is 12.0. The summed E-state index contributed by atoms with van der Waals surface area (Å²) in [6.07, 6.45) is 2.82. The summed E-state index contributed by atoms with van der Waals surface area (Å²) in [5.41, 5.74) is 5.62. The number of carbonyl (C=O) groups excluding carboxylic acids is 1. The van der Waals surface area contributed by atoms with E-state index in [2.05, 4.69) is 25.8 Å². The van der Waals surface area contributed by atoms with Crippen molar-refractivity contribution in [3.8, 4) is 0 Å². The molecular formula is C12H23N3O. The molecule has 0 aromatic rings. The van der Waals surface area contributed by atoms with Gasteiger partial charge in [-0.25, -0.2) is 0 Å². The molecule has 2 aliphatic rings. The van der Waals surface area contributed by atoms with E-state index in [9.17, 15) is 4.79 Å². The zero-order valence-electron chi connectivity index (χ0n) is 10.6. The van der Waals surface area contributed by atoms with Gasteiger partial charge >= 0.3 is 0 Å². The molecule has 1 amide bonds. The van der Waals surface area contributed by atoms with Gasteiger partial charge in [0.15, 0.2) is 0 Å². The van der Waals surface area contributed by atoms with Crippen molar-refractivity contribution in [1.29, 1.82) is 0 Å². The van der Waals surface area contributed by atoms with Crippen molar-refractivity contribution in [3.63, 3.8) is 0 Å². The third-order valence-electron chi connectivity index (χ3n) is 4.28. The molecule has 1 aliphatic heterocycles. The first-order valence-electron chi connectivity index (χ1n) is 6.15. The van der Waals surface area contributed by atoms with Gasteiger partial charge in [-0.2, -0.15) is 0 Å². The van der Waals surface area contributed by atoms with Crippen LogP contribution in [-0.2, 0) is 4.79 Å². The molecule has 0 unspecified atom stereocenters. The van der Waals surface area contributed by atoms with Crippen LogP contribution in [0.3, 0.4) is 0 Å². The van der Waals surface area contributed by atoms with Crippen LogP contribution in [0.25, 0.3) is 0 Å². The maximum atomic E-state index is 12.3. The van der Waals surface area contributed by atoms with Crippen LogP contribution in [0.2, 0.25) is 0 Å². The first kappa shape index (κ1) is 11.9. The number of amides is 1. The number of hydrogen-bond acceptors (Lipinski definition) is 3. The molecule has 0 bridgehead atoms. The van der Waals surface area contributed by atoms with E-state index in [1.54, 1.807) is 0 Å². The van der Waals surface area contributed by atoms with Crippen molar-refractivity contribution >= 4 is 5.91 Å². The van der Waals surface area contributed by atoms with Gasteiger partial charge in [-0.05, 0) is 40.2 Å². The Morgan fingerprint density at radius 1 is 1.25 bits per heavy atom. The lowest BCUT2D eigenvalue weighted by molar-refractivity contribution is -0.144. The lowest BCUT2D eigenvalue weighted by Crippen LogP contribution is -2.66. The molecule has 0 aromatic carbocycles. The van der Waals surface area contributed by atoms with E-state index in [0.29, 0.717) is 0 Å². The van der Waals surface area contributed by atoms with Gasteiger partial charge < -0.3 is 10.6 Å². The smallest absolute Gasteiger partial charge is 0.242 e. The minimum atomic E-state index is -0.536.